The third-order valence-electron chi connectivity index (χ3n) is 1.86. The third kappa shape index (κ3) is 21.1. The van der Waals surface area contributed by atoms with Crippen molar-refractivity contribution in [2.24, 2.45) is 44.1 Å². The van der Waals surface area contributed by atoms with Gasteiger partial charge in [-0.2, -0.15) is 0 Å². The monoisotopic (exact) mass is 431 g/mol. The number of nitrogen functional groups attached to an aromatic ring is 1. The summed E-state index contributed by atoms with van der Waals surface area (Å²) in [5.74, 6) is 3.43. The highest BCUT2D eigenvalue weighted by atomic mass is 16.4. The van der Waals surface area contributed by atoms with Crippen LogP contribution in [0, 0.1) is 0 Å². The van der Waals surface area contributed by atoms with Crippen molar-refractivity contribution in [2.75, 3.05) is 12.3 Å². The summed E-state index contributed by atoms with van der Waals surface area (Å²) in [7, 11) is 0. The fraction of sp³-hybridized carbons (Fsp3) is 0.0909. The minimum atomic E-state index is -1.19. The third-order valence-corrected chi connectivity index (χ3v) is 1.86. The molecule has 2 heterocycles. The number of amides is 1. The van der Waals surface area contributed by atoms with Gasteiger partial charge in [0.1, 0.15) is 18.2 Å². The largest absolute Gasteiger partial charge is 0.477 e. The van der Waals surface area contributed by atoms with Crippen molar-refractivity contribution in [1.82, 2.24) is 31.3 Å². The molecule has 0 bridgehead atoms. The van der Waals surface area contributed by atoms with Gasteiger partial charge in [-0.15, -0.1) is 25.5 Å². The van der Waals surface area contributed by atoms with E-state index in [-0.39, 0.29) is 30.8 Å². The number of aliphatic carboxylic acids is 1. The molecule has 17 N–H and O–H groups in total. The molecule has 1 saturated heterocycles. The average Bonchev–Trinajstić information content (AvgIpc) is 2.62. The predicted octanol–water partition coefficient (Wildman–Crippen LogP) is -5.86. The molecule has 0 saturated carbocycles. The molecule has 19 heteroatoms. The summed E-state index contributed by atoms with van der Waals surface area (Å²) in [5, 5.41) is 25.8. The van der Waals surface area contributed by atoms with Crippen LogP contribution in [-0.4, -0.2) is 56.8 Å². The van der Waals surface area contributed by atoms with Crippen LogP contribution in [0.1, 0.15) is 1.43 Å². The fourth-order valence-corrected chi connectivity index (χ4v) is 0.947. The number of aromatic amines is 1. The number of nitrogens with zero attached hydrogens (tertiary/aromatic N) is 5. The molecule has 1 aliphatic rings. The second-order valence-corrected chi connectivity index (χ2v) is 4.39. The van der Waals surface area contributed by atoms with Gasteiger partial charge in [0, 0.05) is 1.43 Å². The Morgan fingerprint density at radius 1 is 1.27 bits per heavy atom. The molecular formula is C11H25N15O4. The number of aromatic nitrogens is 3. The lowest BCUT2D eigenvalue weighted by Gasteiger charge is -2.16. The number of hydrogen-bond acceptors (Lipinski definition) is 12. The van der Waals surface area contributed by atoms with Gasteiger partial charge in [-0.05, 0) is 0 Å². The van der Waals surface area contributed by atoms with Crippen molar-refractivity contribution in [1.29, 1.82) is 0 Å². The number of guanidine groups is 2. The predicted molar refractivity (Wildman–Crippen MR) is 110 cm³/mol. The van der Waals surface area contributed by atoms with E-state index in [2.05, 4.69) is 59.1 Å². The first-order valence-electron chi connectivity index (χ1n) is 7.26. The van der Waals surface area contributed by atoms with Crippen LogP contribution >= 0.6 is 0 Å². The van der Waals surface area contributed by atoms with Gasteiger partial charge in [-0.1, -0.05) is 6.58 Å². The van der Waals surface area contributed by atoms with Gasteiger partial charge >= 0.3 is 5.97 Å². The highest BCUT2D eigenvalue weighted by molar-refractivity contribution is 6.22. The van der Waals surface area contributed by atoms with E-state index in [1.165, 1.54) is 0 Å². The van der Waals surface area contributed by atoms with E-state index in [0.29, 0.717) is 18.6 Å². The summed E-state index contributed by atoms with van der Waals surface area (Å²) < 4.78 is 0. The van der Waals surface area contributed by atoms with Crippen LogP contribution in [0.5, 0.6) is 0 Å². The highest BCUT2D eigenvalue weighted by Gasteiger charge is 2.06. The lowest BCUT2D eigenvalue weighted by atomic mass is 10.5. The number of carboxylic acids is 1. The molecule has 30 heavy (non-hydrogen) atoms. The Labute approximate surface area is 169 Å². The number of H-pyrrole nitrogens is 1. The fourth-order valence-electron chi connectivity index (χ4n) is 0.947. The molecule has 1 aromatic heterocycles. The van der Waals surface area contributed by atoms with E-state index >= 15 is 0 Å². The number of anilines is 1. The van der Waals surface area contributed by atoms with Crippen molar-refractivity contribution in [3.05, 3.63) is 29.0 Å². The van der Waals surface area contributed by atoms with Crippen molar-refractivity contribution in [3.8, 4) is 0 Å². The lowest BCUT2D eigenvalue weighted by Crippen LogP contribution is -2.50. The first-order valence-corrected chi connectivity index (χ1v) is 7.26. The maximum atomic E-state index is 10.4. The smallest absolute Gasteiger partial charge is 0.348 e. The maximum absolute atomic E-state index is 10.4. The molecular weight excluding hydrogens is 406 g/mol. The zero-order valence-corrected chi connectivity index (χ0v) is 15.4. The number of hydrazine groups is 1. The minimum absolute atomic E-state index is 0. The van der Waals surface area contributed by atoms with E-state index in [1.807, 2.05) is 0 Å². The Morgan fingerprint density at radius 3 is 2.17 bits per heavy atom. The Hall–Kier alpha value is -4.94. The quantitative estimate of drug-likeness (QED) is 0.0898. The van der Waals surface area contributed by atoms with Crippen LogP contribution in [0.3, 0.4) is 0 Å². The number of nitrogens with one attached hydrogen (secondary N) is 4. The van der Waals surface area contributed by atoms with E-state index in [0.717, 1.165) is 6.20 Å². The summed E-state index contributed by atoms with van der Waals surface area (Å²) in [6, 6.07) is 0. The topological polar surface area (TPSA) is 342 Å². The van der Waals surface area contributed by atoms with Gasteiger partial charge < -0.3 is 50.4 Å². The normalized spacial score (nSPS) is 11.5. The second kappa shape index (κ2) is 16.2. The van der Waals surface area contributed by atoms with Crippen molar-refractivity contribution < 1.29 is 16.1 Å². The zero-order valence-electron chi connectivity index (χ0n) is 15.4. The Balaban J connectivity index is -0.000000340. The molecule has 0 unspecified atom stereocenters. The molecule has 0 aliphatic carbocycles. The van der Waals surface area contributed by atoms with Gasteiger partial charge in [0.2, 0.25) is 23.8 Å². The number of carbonyl (C=O) groups is 2. The summed E-state index contributed by atoms with van der Waals surface area (Å²) >= 11 is 0. The molecule has 1 aromatic rings. The lowest BCUT2D eigenvalue weighted by molar-refractivity contribution is -0.128. The zero-order chi connectivity index (χ0) is 23.5. The van der Waals surface area contributed by atoms with Crippen LogP contribution < -0.4 is 56.2 Å². The summed E-state index contributed by atoms with van der Waals surface area (Å²) in [6.45, 7) is 3.76. The van der Waals surface area contributed by atoms with E-state index in [4.69, 9.17) is 33.8 Å². The van der Waals surface area contributed by atoms with Crippen molar-refractivity contribution in [2.45, 2.75) is 0 Å². The number of rotatable bonds is 2. The van der Waals surface area contributed by atoms with E-state index < -0.39 is 5.97 Å². The maximum Gasteiger partial charge on any atom is 0.348 e. The van der Waals surface area contributed by atoms with E-state index in [9.17, 15) is 14.4 Å². The Bertz CT molecular complexity index is 814. The second-order valence-electron chi connectivity index (χ2n) is 4.39. The van der Waals surface area contributed by atoms with Gasteiger partial charge in [0.15, 0.2) is 0 Å². The summed E-state index contributed by atoms with van der Waals surface area (Å²) in [4.78, 5) is 32.6. The minimum Gasteiger partial charge on any atom is -0.477 e. The molecule has 1 fully saturated rings. The standard InChI is InChI=1S/C4H7N3O.C3H6N4O2.C3H4N4O.CH6N4.H2/c1-3-6-4(8)2-5-7-3;4-3(5)7-6-1-2(8)9;4-3-6-2(8)1-5-7-3;2-1(3)5-4;/h5,7H,1-2H2,(H,6,8);1H,(H,8,9)(H4,4,5,7);1H,(H3,4,6,7,8);4H2,(H4,2,3,5);1H. The van der Waals surface area contributed by atoms with Crippen LogP contribution in [0.25, 0.3) is 0 Å². The van der Waals surface area contributed by atoms with Crippen LogP contribution in [0.4, 0.5) is 5.95 Å². The first-order chi connectivity index (χ1) is 14.0. The Kier molecular flexibility index (Phi) is 14.8. The van der Waals surface area contributed by atoms with Gasteiger partial charge in [-0.25, -0.2) is 10.2 Å². The van der Waals surface area contributed by atoms with E-state index in [1.54, 1.807) is 0 Å². The highest BCUT2D eigenvalue weighted by Crippen LogP contribution is 1.78. The number of nitrogens with two attached hydrogens (primary N) is 6. The SMILES string of the molecule is C=C1NNCC(=O)N1.NC(N)=NN=CC(=O)O.NN=C(N)N.Nc1nncc(=O)[nH]1.[HH]. The van der Waals surface area contributed by atoms with Crippen molar-refractivity contribution >= 4 is 36.0 Å². The van der Waals surface area contributed by atoms with Crippen LogP contribution in [0.2, 0.25) is 0 Å². The number of carbonyl (C=O) groups excluding carboxylic acids is 1. The van der Waals surface area contributed by atoms with Crippen LogP contribution in [-0.2, 0) is 9.59 Å². The molecule has 19 nitrogen and oxygen atoms in total. The van der Waals surface area contributed by atoms with Crippen LogP contribution in [0.15, 0.2) is 38.7 Å². The molecule has 0 atom stereocenters. The molecule has 1 aliphatic heterocycles. The molecule has 0 aromatic carbocycles. The Morgan fingerprint density at radius 2 is 1.87 bits per heavy atom. The molecule has 0 spiro atoms. The van der Waals surface area contributed by atoms with Crippen molar-refractivity contribution in [3.63, 3.8) is 0 Å². The molecule has 2 rings (SSSR count). The number of hydrazone groups is 1. The molecule has 0 radical (unpaired) electrons. The molecule has 1 amide bonds. The van der Waals surface area contributed by atoms with Gasteiger partial charge in [0.25, 0.3) is 5.56 Å². The average molecular weight is 431 g/mol. The number of carboxylic acid groups (broad SMARTS) is 1. The molecule has 168 valence electrons. The first kappa shape index (κ1) is 27.3. The summed E-state index contributed by atoms with van der Waals surface area (Å²) in [6.07, 6.45) is 1.63. The summed E-state index contributed by atoms with van der Waals surface area (Å²) in [5.41, 5.74) is 28.9. The number of hydrogen-bond donors (Lipinski definition) is 11. The van der Waals surface area contributed by atoms with Gasteiger partial charge in [-0.3, -0.25) is 14.6 Å². The van der Waals surface area contributed by atoms with Gasteiger partial charge in [0.05, 0.1) is 6.54 Å².